The molecule has 2 aliphatic rings. The van der Waals surface area contributed by atoms with Crippen LogP contribution in [-0.2, 0) is 0 Å². The van der Waals surface area contributed by atoms with Crippen molar-refractivity contribution in [2.24, 2.45) is 5.92 Å². The highest BCUT2D eigenvalue weighted by atomic mass is 35.5. The summed E-state index contributed by atoms with van der Waals surface area (Å²) in [6.07, 6.45) is 4.24. The summed E-state index contributed by atoms with van der Waals surface area (Å²) >= 11 is 12.6. The number of rotatable bonds is 4. The summed E-state index contributed by atoms with van der Waals surface area (Å²) in [5.74, 6) is 0.783. The Morgan fingerprint density at radius 3 is 2.56 bits per heavy atom. The maximum Gasteiger partial charge on any atom is 0.174 e. The molecule has 2 N–H and O–H groups in total. The van der Waals surface area contributed by atoms with Crippen molar-refractivity contribution < 1.29 is 0 Å². The van der Waals surface area contributed by atoms with Gasteiger partial charge >= 0.3 is 0 Å². The molecule has 2 fully saturated rings. The molecule has 7 heteroatoms. The molecule has 2 aromatic heterocycles. The summed E-state index contributed by atoms with van der Waals surface area (Å²) in [4.78, 5) is 12.7. The first-order valence-corrected chi connectivity index (χ1v) is 12.0. The largest absolute Gasteiger partial charge is 0.370 e. The number of nitrogens with one attached hydrogen (secondary N) is 2. The molecule has 0 radical (unpaired) electrons. The molecule has 0 bridgehead atoms. The molecule has 0 spiro atoms. The first kappa shape index (κ1) is 21.3. The van der Waals surface area contributed by atoms with E-state index in [4.69, 9.17) is 23.8 Å². The van der Waals surface area contributed by atoms with Gasteiger partial charge in [0, 0.05) is 36.4 Å². The van der Waals surface area contributed by atoms with Gasteiger partial charge in [-0.3, -0.25) is 4.98 Å². The Hall–Kier alpha value is -2.57. The van der Waals surface area contributed by atoms with E-state index in [2.05, 4.69) is 63.2 Å². The number of piperidine rings is 1. The number of pyridine rings is 1. The number of thiocarbonyl (C=S) groups is 1. The third-order valence-corrected chi connectivity index (χ3v) is 7.22. The van der Waals surface area contributed by atoms with Crippen molar-refractivity contribution in [3.05, 3.63) is 76.8 Å². The smallest absolute Gasteiger partial charge is 0.174 e. The van der Waals surface area contributed by atoms with Crippen molar-refractivity contribution in [3.8, 4) is 0 Å². The van der Waals surface area contributed by atoms with Crippen LogP contribution in [0.25, 0.3) is 0 Å². The molecular weight excluding hydrogens is 438 g/mol. The molecule has 166 valence electrons. The number of hydrogen-bond acceptors (Lipinski definition) is 3. The number of hydrogen-bond donors (Lipinski definition) is 2. The van der Waals surface area contributed by atoms with Crippen LogP contribution in [0.2, 0.25) is 5.02 Å². The van der Waals surface area contributed by atoms with E-state index in [1.807, 2.05) is 30.5 Å². The topological polar surface area (TPSA) is 47.2 Å². The van der Waals surface area contributed by atoms with Crippen molar-refractivity contribution in [1.29, 1.82) is 0 Å². The van der Waals surface area contributed by atoms with Crippen molar-refractivity contribution in [2.45, 2.75) is 38.8 Å². The molecule has 1 aromatic carbocycles. The second-order valence-electron chi connectivity index (χ2n) is 8.90. The lowest BCUT2D eigenvalue weighted by Crippen LogP contribution is -2.33. The number of aromatic nitrogens is 2. The molecule has 5 rings (SSSR count). The zero-order valence-corrected chi connectivity index (χ0v) is 20.0. The second kappa shape index (κ2) is 8.75. The first-order chi connectivity index (χ1) is 15.5. The van der Waals surface area contributed by atoms with Gasteiger partial charge in [0.15, 0.2) is 5.11 Å². The van der Waals surface area contributed by atoms with Crippen LogP contribution in [-0.4, -0.2) is 28.2 Å². The molecule has 3 aromatic rings. The third kappa shape index (κ3) is 3.97. The minimum absolute atomic E-state index is 0.0520. The molecule has 0 amide bonds. The summed E-state index contributed by atoms with van der Waals surface area (Å²) < 4.78 is 0. The van der Waals surface area contributed by atoms with Gasteiger partial charge < -0.3 is 20.1 Å². The number of nitrogens with zero attached hydrogens (tertiary/aromatic N) is 3. The molecular formula is C25H28ClN5S. The highest BCUT2D eigenvalue weighted by Crippen LogP contribution is 2.43. The van der Waals surface area contributed by atoms with Crippen LogP contribution >= 0.6 is 23.8 Å². The maximum absolute atomic E-state index is 6.82. The van der Waals surface area contributed by atoms with Gasteiger partial charge in [-0.15, -0.1) is 0 Å². The van der Waals surface area contributed by atoms with Crippen LogP contribution < -0.4 is 15.1 Å². The number of halogens is 1. The maximum atomic E-state index is 6.82. The Kier molecular flexibility index (Phi) is 5.82. The first-order valence-electron chi connectivity index (χ1n) is 11.2. The van der Waals surface area contributed by atoms with Crippen molar-refractivity contribution in [2.75, 3.05) is 22.9 Å². The van der Waals surface area contributed by atoms with Crippen LogP contribution in [0.3, 0.4) is 0 Å². The molecule has 0 aliphatic carbocycles. The normalized spacial score (nSPS) is 21.8. The van der Waals surface area contributed by atoms with E-state index in [-0.39, 0.29) is 12.1 Å². The fourth-order valence-corrected chi connectivity index (χ4v) is 5.44. The lowest BCUT2D eigenvalue weighted by molar-refractivity contribution is 0.438. The predicted octanol–water partition coefficient (Wildman–Crippen LogP) is 5.78. The minimum atomic E-state index is -0.0659. The van der Waals surface area contributed by atoms with Crippen molar-refractivity contribution >= 4 is 40.3 Å². The molecule has 0 unspecified atom stereocenters. The fraction of sp³-hybridized carbons (Fsp3) is 0.360. The van der Waals surface area contributed by atoms with E-state index < -0.39 is 0 Å². The number of anilines is 2. The Labute approximate surface area is 199 Å². The van der Waals surface area contributed by atoms with E-state index in [9.17, 15) is 0 Å². The Balaban J connectivity index is 1.51. The minimum Gasteiger partial charge on any atom is -0.370 e. The molecule has 2 aliphatic heterocycles. The van der Waals surface area contributed by atoms with Crippen LogP contribution in [0.15, 0.2) is 54.7 Å². The molecule has 2 atom stereocenters. The predicted molar refractivity (Wildman–Crippen MR) is 136 cm³/mol. The highest BCUT2D eigenvalue weighted by molar-refractivity contribution is 7.80. The second-order valence-corrected chi connectivity index (χ2v) is 9.69. The summed E-state index contributed by atoms with van der Waals surface area (Å²) in [6.45, 7) is 6.49. The Morgan fingerprint density at radius 2 is 1.91 bits per heavy atom. The number of benzene rings is 1. The average molecular weight is 466 g/mol. The van der Waals surface area contributed by atoms with E-state index in [0.717, 1.165) is 52.5 Å². The zero-order chi connectivity index (χ0) is 22.2. The third-order valence-electron chi connectivity index (χ3n) is 6.60. The molecule has 5 nitrogen and oxygen atoms in total. The van der Waals surface area contributed by atoms with Gasteiger partial charge in [0.1, 0.15) is 6.04 Å². The lowest BCUT2D eigenvalue weighted by atomic mass is 9.98. The number of H-pyrrole nitrogens is 1. The van der Waals surface area contributed by atoms with E-state index in [1.165, 1.54) is 12.8 Å². The van der Waals surface area contributed by atoms with Crippen LogP contribution in [0.4, 0.5) is 11.4 Å². The van der Waals surface area contributed by atoms with Crippen LogP contribution in [0.5, 0.6) is 0 Å². The molecule has 2 saturated heterocycles. The van der Waals surface area contributed by atoms with Gasteiger partial charge in [0.05, 0.1) is 22.4 Å². The lowest BCUT2D eigenvalue weighted by Gasteiger charge is -2.33. The van der Waals surface area contributed by atoms with Gasteiger partial charge in [-0.25, -0.2) is 0 Å². The molecule has 32 heavy (non-hydrogen) atoms. The number of aryl methyl sites for hydroxylation is 1. The SMILES string of the molecule is Cc1ccc([C@@H]2[C@H](c3ccccn3)NC(=S)N2c2ccc(N3CCC(C)CC3)c(Cl)c2)[nH]1. The molecule has 0 saturated carbocycles. The number of aromatic amines is 1. The monoisotopic (exact) mass is 465 g/mol. The summed E-state index contributed by atoms with van der Waals surface area (Å²) in [5, 5.41) is 4.94. The van der Waals surface area contributed by atoms with Gasteiger partial charge in [0.25, 0.3) is 0 Å². The summed E-state index contributed by atoms with van der Waals surface area (Å²) in [5.41, 5.74) is 5.26. The van der Waals surface area contributed by atoms with E-state index in [0.29, 0.717) is 5.11 Å². The standard InChI is InChI=1S/C25H28ClN5S/c1-16-10-13-30(14-11-16)22-9-7-18(15-19(22)26)31-24(21-8-6-17(2)28-21)23(29-25(31)32)20-5-3-4-12-27-20/h3-9,12,15-16,23-24,28H,10-11,13-14H2,1-2H3,(H,29,32)/t23-,24+/m0/s1. The molecule has 4 heterocycles. The quantitative estimate of drug-likeness (QED) is 0.478. The van der Waals surface area contributed by atoms with E-state index >= 15 is 0 Å². The van der Waals surface area contributed by atoms with E-state index in [1.54, 1.807) is 0 Å². The van der Waals surface area contributed by atoms with Gasteiger partial charge in [0.2, 0.25) is 0 Å². The zero-order valence-electron chi connectivity index (χ0n) is 18.4. The fourth-order valence-electron chi connectivity index (χ4n) is 4.80. The van der Waals surface area contributed by atoms with Gasteiger partial charge in [-0.1, -0.05) is 24.6 Å². The average Bonchev–Trinajstić information content (AvgIpc) is 3.38. The summed E-state index contributed by atoms with van der Waals surface area (Å²) in [6, 6.07) is 16.4. The summed E-state index contributed by atoms with van der Waals surface area (Å²) in [7, 11) is 0. The Bertz CT molecular complexity index is 1110. The van der Waals surface area contributed by atoms with Crippen molar-refractivity contribution in [3.63, 3.8) is 0 Å². The van der Waals surface area contributed by atoms with Crippen LogP contribution in [0, 0.1) is 12.8 Å². The van der Waals surface area contributed by atoms with Crippen LogP contribution in [0.1, 0.15) is 48.9 Å². The highest BCUT2D eigenvalue weighted by Gasteiger charge is 2.41. The Morgan fingerprint density at radius 1 is 1.09 bits per heavy atom. The van der Waals surface area contributed by atoms with Gasteiger partial charge in [-0.05, 0) is 80.4 Å². The van der Waals surface area contributed by atoms with Crippen molar-refractivity contribution in [1.82, 2.24) is 15.3 Å². The van der Waals surface area contributed by atoms with Gasteiger partial charge in [-0.2, -0.15) is 0 Å².